The lowest BCUT2D eigenvalue weighted by atomic mass is 10.2. The van der Waals surface area contributed by atoms with Crippen LogP contribution in [-0.2, 0) is 0 Å². The summed E-state index contributed by atoms with van der Waals surface area (Å²) in [6.45, 7) is 4.15. The summed E-state index contributed by atoms with van der Waals surface area (Å²) in [4.78, 5) is 1.17. The number of allylic oxidation sites excluding steroid dienone is 2. The van der Waals surface area contributed by atoms with E-state index in [0.29, 0.717) is 0 Å². The Balaban J connectivity index is 3.06. The lowest BCUT2D eigenvalue weighted by Crippen LogP contribution is -1.90. The first-order valence-electron chi connectivity index (χ1n) is 5.36. The van der Waals surface area contributed by atoms with Gasteiger partial charge in [-0.15, -0.1) is 15.0 Å². The van der Waals surface area contributed by atoms with Crippen LogP contribution < -0.4 is 5.30 Å². The molecule has 0 heterocycles. The minimum atomic E-state index is 1.01. The summed E-state index contributed by atoms with van der Waals surface area (Å²) in [6, 6.07) is 8.43. The molecule has 1 atom stereocenters. The van der Waals surface area contributed by atoms with Crippen molar-refractivity contribution in [2.45, 2.75) is 20.3 Å². The highest BCUT2D eigenvalue weighted by molar-refractivity contribution is 8.10. The van der Waals surface area contributed by atoms with Crippen LogP contribution in [0.15, 0.2) is 47.6 Å². The van der Waals surface area contributed by atoms with Gasteiger partial charge >= 0.3 is 0 Å². The first-order chi connectivity index (χ1) is 7.77. The van der Waals surface area contributed by atoms with Crippen LogP contribution in [0.4, 0.5) is 0 Å². The van der Waals surface area contributed by atoms with E-state index in [1.165, 1.54) is 15.8 Å². The van der Waals surface area contributed by atoms with Gasteiger partial charge < -0.3 is 0 Å². The Morgan fingerprint density at radius 1 is 1.50 bits per heavy atom. The molecule has 0 aliphatic rings. The highest BCUT2D eigenvalue weighted by atomic mass is 32.2. The minimum Gasteiger partial charge on any atom is -0.109 e. The van der Waals surface area contributed by atoms with Crippen molar-refractivity contribution in [2.75, 3.05) is 0 Å². The smallest absolute Gasteiger partial charge is 0.0604 e. The largest absolute Gasteiger partial charge is 0.109 e. The second-order valence-corrected chi connectivity index (χ2v) is 4.88. The Bertz CT molecular complexity index is 426. The number of thioether (sulfide) groups is 1. The predicted octanol–water partition coefficient (Wildman–Crippen LogP) is 4.36. The van der Waals surface area contributed by atoms with Crippen LogP contribution in [0, 0.1) is 0 Å². The fourth-order valence-corrected chi connectivity index (χ4v) is 2.17. The molecule has 0 N–H and O–H groups in total. The molecule has 1 rings (SSSR count). The molecule has 0 spiro atoms. The second-order valence-electron chi connectivity index (χ2n) is 3.30. The summed E-state index contributed by atoms with van der Waals surface area (Å²) in [5, 5.41) is 3.29. The van der Waals surface area contributed by atoms with Gasteiger partial charge in [0.05, 0.1) is 4.91 Å². The molecule has 2 heteroatoms. The molecular weight excluding hydrogens is 231 g/mol. The molecule has 0 saturated carbocycles. The van der Waals surface area contributed by atoms with E-state index in [2.05, 4.69) is 57.6 Å². The third kappa shape index (κ3) is 4.41. The van der Waals surface area contributed by atoms with Crippen molar-refractivity contribution in [1.29, 1.82) is 0 Å². The average molecular weight is 248 g/mol. The normalized spacial score (nSPS) is 10.2. The summed E-state index contributed by atoms with van der Waals surface area (Å²) in [7, 11) is 2.73. The Morgan fingerprint density at radius 2 is 2.31 bits per heavy atom. The van der Waals surface area contributed by atoms with Crippen LogP contribution in [0.1, 0.15) is 25.8 Å². The van der Waals surface area contributed by atoms with E-state index in [0.717, 1.165) is 6.42 Å². The molecule has 0 nitrogen and oxygen atoms in total. The van der Waals surface area contributed by atoms with Crippen LogP contribution in [0.2, 0.25) is 0 Å². The van der Waals surface area contributed by atoms with Gasteiger partial charge in [-0.3, -0.25) is 0 Å². The highest BCUT2D eigenvalue weighted by Crippen LogP contribution is 2.27. The predicted molar refractivity (Wildman–Crippen MR) is 80.0 cm³/mol. The standard InChI is InChI=1S/C14H17PS/c1-3-5-9-14(16-10-4-2)12-7-6-8-13(15)11-12/h4-8,10-11H,3,15H2,1-2H3/b10-4-. The molecule has 0 bridgehead atoms. The fraction of sp³-hybridized carbons (Fsp3) is 0.214. The third-order valence-electron chi connectivity index (χ3n) is 1.91. The van der Waals surface area contributed by atoms with Crippen LogP contribution in [0.25, 0.3) is 4.91 Å². The van der Waals surface area contributed by atoms with Gasteiger partial charge in [-0.2, -0.15) is 0 Å². The fourth-order valence-electron chi connectivity index (χ4n) is 1.20. The number of benzene rings is 1. The van der Waals surface area contributed by atoms with Crippen LogP contribution >= 0.6 is 21.0 Å². The summed E-state index contributed by atoms with van der Waals surface area (Å²) >= 11 is 1.71. The first kappa shape index (κ1) is 13.3. The molecule has 0 saturated heterocycles. The summed E-state index contributed by atoms with van der Waals surface area (Å²) in [5.74, 6) is 0. The second kappa shape index (κ2) is 7.52. The molecule has 0 aromatic heterocycles. The van der Waals surface area contributed by atoms with Gasteiger partial charge in [0.15, 0.2) is 0 Å². The van der Waals surface area contributed by atoms with E-state index in [1.807, 2.05) is 13.0 Å². The molecule has 16 heavy (non-hydrogen) atoms. The molecule has 0 amide bonds. The van der Waals surface area contributed by atoms with E-state index in [-0.39, 0.29) is 0 Å². The summed E-state index contributed by atoms with van der Waals surface area (Å²) in [6.07, 6.45) is 5.13. The lowest BCUT2D eigenvalue weighted by molar-refractivity contribution is 1.23. The van der Waals surface area contributed by atoms with E-state index in [9.17, 15) is 0 Å². The molecule has 1 aromatic rings. The molecule has 0 aliphatic carbocycles. The molecule has 0 aliphatic heterocycles. The maximum atomic E-state index is 3.34. The van der Waals surface area contributed by atoms with E-state index < -0.39 is 0 Å². The van der Waals surface area contributed by atoms with E-state index in [4.69, 9.17) is 0 Å². The maximum Gasteiger partial charge on any atom is 0.0604 e. The molecule has 1 unspecified atom stereocenters. The number of hydrogen-bond donors (Lipinski definition) is 0. The molecule has 84 valence electrons. The number of hydrogen-bond acceptors (Lipinski definition) is 1. The van der Waals surface area contributed by atoms with Crippen molar-refractivity contribution in [3.8, 4) is 0 Å². The highest BCUT2D eigenvalue weighted by Gasteiger charge is 1.99. The quantitative estimate of drug-likeness (QED) is 0.563. The lowest BCUT2D eigenvalue weighted by Gasteiger charge is -2.02. The zero-order valence-corrected chi connectivity index (χ0v) is 11.7. The summed E-state index contributed by atoms with van der Waals surface area (Å²) in [5.41, 5.74) is 4.56. The molecule has 0 radical (unpaired) electrons. The van der Waals surface area contributed by atoms with Gasteiger partial charge in [0.1, 0.15) is 0 Å². The van der Waals surface area contributed by atoms with Gasteiger partial charge in [0.25, 0.3) is 0 Å². The van der Waals surface area contributed by atoms with Crippen molar-refractivity contribution in [1.82, 2.24) is 0 Å². The zero-order valence-electron chi connectivity index (χ0n) is 9.73. The van der Waals surface area contributed by atoms with E-state index in [1.54, 1.807) is 11.8 Å². The zero-order chi connectivity index (χ0) is 11.8. The first-order valence-corrected chi connectivity index (χ1v) is 6.82. The van der Waals surface area contributed by atoms with Gasteiger partial charge in [-0.25, -0.2) is 0 Å². The van der Waals surface area contributed by atoms with Crippen LogP contribution in [-0.4, -0.2) is 0 Å². The van der Waals surface area contributed by atoms with Gasteiger partial charge in [0, 0.05) is 0 Å². The summed E-state index contributed by atoms with van der Waals surface area (Å²) < 4.78 is 0. The van der Waals surface area contributed by atoms with Crippen molar-refractivity contribution in [2.24, 2.45) is 0 Å². The van der Waals surface area contributed by atoms with Gasteiger partial charge in [0.2, 0.25) is 0 Å². The minimum absolute atomic E-state index is 1.01. The van der Waals surface area contributed by atoms with E-state index >= 15 is 0 Å². The topological polar surface area (TPSA) is 0 Å². The molecular formula is C14H17PS. The number of rotatable bonds is 4. The molecule has 0 fully saturated rings. The van der Waals surface area contributed by atoms with Crippen molar-refractivity contribution in [3.63, 3.8) is 0 Å². The third-order valence-corrected chi connectivity index (χ3v) is 3.26. The SMILES string of the molecule is C/C=C\SC(=C=CCC)c1cccc(P)c1. The van der Waals surface area contributed by atoms with Gasteiger partial charge in [-0.05, 0) is 41.8 Å². The van der Waals surface area contributed by atoms with Crippen molar-refractivity contribution >= 4 is 31.2 Å². The van der Waals surface area contributed by atoms with Crippen LogP contribution in [0.3, 0.4) is 0 Å². The Kier molecular flexibility index (Phi) is 6.26. The van der Waals surface area contributed by atoms with Crippen molar-refractivity contribution in [3.05, 3.63) is 53.1 Å². The Labute approximate surface area is 105 Å². The average Bonchev–Trinajstić information content (AvgIpc) is 2.29. The van der Waals surface area contributed by atoms with Crippen molar-refractivity contribution < 1.29 is 0 Å². The maximum absolute atomic E-state index is 3.34. The Morgan fingerprint density at radius 3 is 2.94 bits per heavy atom. The van der Waals surface area contributed by atoms with Gasteiger partial charge in [-0.1, -0.05) is 43.0 Å². The Hall–Kier alpha value is -0.740. The monoisotopic (exact) mass is 248 g/mol. The molecule has 1 aromatic carbocycles. The van der Waals surface area contributed by atoms with Crippen LogP contribution in [0.5, 0.6) is 0 Å².